The molecule has 0 aliphatic heterocycles. The molecule has 27 heavy (non-hydrogen) atoms. The number of carbonyl (C=O) groups excluding carboxylic acids is 1. The Balaban J connectivity index is 2.12. The van der Waals surface area contributed by atoms with E-state index in [1.54, 1.807) is 13.2 Å². The average molecular weight is 367 g/mol. The van der Waals surface area contributed by atoms with Crippen molar-refractivity contribution in [2.24, 2.45) is 11.1 Å². The number of aliphatic carboxylic acids is 1. The van der Waals surface area contributed by atoms with Gasteiger partial charge in [0.1, 0.15) is 5.75 Å². The van der Waals surface area contributed by atoms with Crippen molar-refractivity contribution >= 4 is 11.9 Å². The second kappa shape index (κ2) is 9.57. The van der Waals surface area contributed by atoms with Gasteiger partial charge < -0.3 is 15.6 Å². The topological polar surface area (TPSA) is 89.6 Å². The van der Waals surface area contributed by atoms with E-state index in [2.05, 4.69) is 0 Å². The Hall–Kier alpha value is -3.08. The molecule has 0 aliphatic rings. The summed E-state index contributed by atoms with van der Waals surface area (Å²) < 4.78 is 5.14. The van der Waals surface area contributed by atoms with Crippen LogP contribution in [0.15, 0.2) is 66.7 Å². The molecule has 1 unspecified atom stereocenters. The average Bonchev–Trinajstić information content (AvgIpc) is 2.65. The zero-order chi connectivity index (χ0) is 19.7. The van der Waals surface area contributed by atoms with Gasteiger partial charge in [0.05, 0.1) is 12.5 Å². The summed E-state index contributed by atoms with van der Waals surface area (Å²) in [6, 6.07) is 17.0. The van der Waals surface area contributed by atoms with Gasteiger partial charge in [0.2, 0.25) is 5.91 Å². The molecule has 0 aromatic heterocycles. The molecule has 1 atom stereocenters. The Labute approximate surface area is 159 Å². The third kappa shape index (κ3) is 5.99. The molecule has 0 aliphatic carbocycles. The van der Waals surface area contributed by atoms with E-state index in [-0.39, 0.29) is 12.8 Å². The molecule has 5 heteroatoms. The van der Waals surface area contributed by atoms with Crippen LogP contribution in [0.2, 0.25) is 0 Å². The lowest BCUT2D eigenvalue weighted by Gasteiger charge is -2.25. The maximum Gasteiger partial charge on any atom is 0.314 e. The predicted molar refractivity (Wildman–Crippen MR) is 104 cm³/mol. The summed E-state index contributed by atoms with van der Waals surface area (Å²) in [6.45, 7) is 0. The number of rotatable bonds is 10. The maximum atomic E-state index is 12.0. The van der Waals surface area contributed by atoms with Crippen molar-refractivity contribution in [1.82, 2.24) is 0 Å². The quantitative estimate of drug-likeness (QED) is 0.630. The Morgan fingerprint density at radius 3 is 2.30 bits per heavy atom. The largest absolute Gasteiger partial charge is 0.497 e. The smallest absolute Gasteiger partial charge is 0.314 e. The number of methoxy groups -OCH3 is 1. The van der Waals surface area contributed by atoms with Crippen LogP contribution in [0.3, 0.4) is 0 Å². The van der Waals surface area contributed by atoms with Crippen molar-refractivity contribution in [3.8, 4) is 5.75 Å². The highest BCUT2D eigenvalue weighted by Crippen LogP contribution is 2.30. The second-order valence-corrected chi connectivity index (χ2v) is 6.56. The molecule has 0 bridgehead atoms. The predicted octanol–water partition coefficient (Wildman–Crippen LogP) is 3.37. The van der Waals surface area contributed by atoms with Crippen molar-refractivity contribution in [2.75, 3.05) is 7.11 Å². The normalized spacial score (nSPS) is 13.2. The standard InChI is InChI=1S/C22H25NO4/c1-27-19-12-10-17(11-13-19)7-5-6-14-22(21(25)26,16-20(23)24)15-18-8-3-2-4-9-18/h2-4,6,8-14H,5,7,15-16H2,1H3,(H2,23,24)(H,25,26)/b14-6+. The van der Waals surface area contributed by atoms with E-state index in [4.69, 9.17) is 10.5 Å². The van der Waals surface area contributed by atoms with Gasteiger partial charge in [-0.05, 0) is 42.5 Å². The molecule has 1 amide bonds. The van der Waals surface area contributed by atoms with Gasteiger partial charge >= 0.3 is 5.97 Å². The van der Waals surface area contributed by atoms with Gasteiger partial charge in [-0.3, -0.25) is 9.59 Å². The van der Waals surface area contributed by atoms with Gasteiger partial charge in [0.25, 0.3) is 0 Å². The number of allylic oxidation sites excluding steroid dienone is 1. The van der Waals surface area contributed by atoms with E-state index < -0.39 is 17.3 Å². The molecule has 142 valence electrons. The third-order valence-corrected chi connectivity index (χ3v) is 4.47. The van der Waals surface area contributed by atoms with Gasteiger partial charge in [-0.2, -0.15) is 0 Å². The molecule has 0 saturated carbocycles. The summed E-state index contributed by atoms with van der Waals surface area (Å²) in [4.78, 5) is 23.6. The van der Waals surface area contributed by atoms with Crippen LogP contribution >= 0.6 is 0 Å². The van der Waals surface area contributed by atoms with Gasteiger partial charge in [-0.1, -0.05) is 54.6 Å². The molecule has 5 nitrogen and oxygen atoms in total. The Morgan fingerprint density at radius 1 is 1.07 bits per heavy atom. The fourth-order valence-electron chi connectivity index (χ4n) is 3.03. The summed E-state index contributed by atoms with van der Waals surface area (Å²) in [5, 5.41) is 9.84. The summed E-state index contributed by atoms with van der Waals surface area (Å²) in [5.41, 5.74) is 5.98. The first-order chi connectivity index (χ1) is 12.9. The number of hydrogen-bond acceptors (Lipinski definition) is 3. The highest BCUT2D eigenvalue weighted by Gasteiger charge is 2.37. The molecular weight excluding hydrogens is 342 g/mol. The maximum absolute atomic E-state index is 12.0. The van der Waals surface area contributed by atoms with Gasteiger partial charge in [-0.25, -0.2) is 0 Å². The van der Waals surface area contributed by atoms with Gasteiger partial charge in [-0.15, -0.1) is 0 Å². The Kier molecular flexibility index (Phi) is 7.17. The molecule has 2 rings (SSSR count). The molecule has 0 saturated heterocycles. The molecule has 2 aromatic carbocycles. The monoisotopic (exact) mass is 367 g/mol. The SMILES string of the molecule is COc1ccc(CC/C=C/C(CC(N)=O)(Cc2ccccc2)C(=O)O)cc1. The highest BCUT2D eigenvalue weighted by atomic mass is 16.5. The van der Waals surface area contributed by atoms with Crippen molar-refractivity contribution < 1.29 is 19.4 Å². The number of benzene rings is 2. The fraction of sp³-hybridized carbons (Fsp3) is 0.273. The summed E-state index contributed by atoms with van der Waals surface area (Å²) in [7, 11) is 1.62. The first kappa shape index (κ1) is 20.2. The van der Waals surface area contributed by atoms with Crippen molar-refractivity contribution in [2.45, 2.75) is 25.7 Å². The van der Waals surface area contributed by atoms with E-state index in [0.717, 1.165) is 23.3 Å². The molecule has 0 heterocycles. The zero-order valence-electron chi connectivity index (χ0n) is 15.4. The lowest BCUT2D eigenvalue weighted by atomic mass is 9.78. The fourth-order valence-corrected chi connectivity index (χ4v) is 3.03. The first-order valence-electron chi connectivity index (χ1n) is 8.81. The number of amides is 1. The zero-order valence-corrected chi connectivity index (χ0v) is 15.4. The molecule has 0 spiro atoms. The lowest BCUT2D eigenvalue weighted by molar-refractivity contribution is -0.148. The molecule has 3 N–H and O–H groups in total. The minimum absolute atomic E-state index is 0.213. The summed E-state index contributed by atoms with van der Waals surface area (Å²) in [5.74, 6) is -0.887. The number of ether oxygens (including phenoxy) is 1. The van der Waals surface area contributed by atoms with Crippen LogP contribution in [0.5, 0.6) is 5.75 Å². The van der Waals surface area contributed by atoms with Crippen LogP contribution < -0.4 is 10.5 Å². The van der Waals surface area contributed by atoms with Crippen LogP contribution in [0.1, 0.15) is 24.0 Å². The minimum Gasteiger partial charge on any atom is -0.497 e. The van der Waals surface area contributed by atoms with Gasteiger partial charge in [0.15, 0.2) is 0 Å². The van der Waals surface area contributed by atoms with E-state index in [1.807, 2.05) is 60.7 Å². The number of carboxylic acids is 1. The Morgan fingerprint density at radius 2 is 1.74 bits per heavy atom. The number of hydrogen-bond donors (Lipinski definition) is 2. The molecular formula is C22H25NO4. The summed E-state index contributed by atoms with van der Waals surface area (Å²) in [6.07, 6.45) is 4.84. The second-order valence-electron chi connectivity index (χ2n) is 6.56. The molecule has 0 fully saturated rings. The van der Waals surface area contributed by atoms with Gasteiger partial charge in [0, 0.05) is 6.42 Å². The van der Waals surface area contributed by atoms with Crippen molar-refractivity contribution in [1.29, 1.82) is 0 Å². The summed E-state index contributed by atoms with van der Waals surface area (Å²) >= 11 is 0. The van der Waals surface area contributed by atoms with Crippen LogP contribution in [-0.4, -0.2) is 24.1 Å². The number of primary amides is 1. The Bertz CT molecular complexity index is 784. The molecule has 0 radical (unpaired) electrons. The van der Waals surface area contributed by atoms with Crippen LogP contribution in [-0.2, 0) is 22.4 Å². The minimum atomic E-state index is -1.34. The number of carbonyl (C=O) groups is 2. The van der Waals surface area contributed by atoms with Crippen molar-refractivity contribution in [3.63, 3.8) is 0 Å². The first-order valence-corrected chi connectivity index (χ1v) is 8.81. The van der Waals surface area contributed by atoms with E-state index >= 15 is 0 Å². The number of carboxylic acid groups (broad SMARTS) is 1. The van der Waals surface area contributed by atoms with Crippen molar-refractivity contribution in [3.05, 3.63) is 77.9 Å². The number of aryl methyl sites for hydroxylation is 1. The number of nitrogens with two attached hydrogens (primary N) is 1. The van der Waals surface area contributed by atoms with Crippen LogP contribution in [0, 0.1) is 5.41 Å². The third-order valence-electron chi connectivity index (χ3n) is 4.47. The van der Waals surface area contributed by atoms with E-state index in [9.17, 15) is 14.7 Å². The van der Waals surface area contributed by atoms with Crippen LogP contribution in [0.4, 0.5) is 0 Å². The lowest BCUT2D eigenvalue weighted by Crippen LogP contribution is -2.36. The van der Waals surface area contributed by atoms with Crippen LogP contribution in [0.25, 0.3) is 0 Å². The molecule has 2 aromatic rings. The highest BCUT2D eigenvalue weighted by molar-refractivity contribution is 5.86. The van der Waals surface area contributed by atoms with E-state index in [0.29, 0.717) is 6.42 Å². The van der Waals surface area contributed by atoms with E-state index in [1.165, 1.54) is 0 Å².